The number of nitrogens with one attached hydrogen (secondary N) is 12. The molecular weight excluding hydrogens is 1360 g/mol. The molecule has 0 radical (unpaired) electrons. The number of fused-ring (bicyclic) bond motifs is 1. The fraction of sp³-hybridized carbons (Fsp3) is 0.533. The molecule has 1 aliphatic heterocycles. The van der Waals surface area contributed by atoms with Crippen LogP contribution in [0.5, 0.6) is 5.75 Å². The number of rotatable bonds is 33. The van der Waals surface area contributed by atoms with Crippen LogP contribution in [-0.2, 0) is 76.8 Å². The third kappa shape index (κ3) is 28.9. The third-order valence-electron chi connectivity index (χ3n) is 18.1. The first-order valence-electron chi connectivity index (χ1n) is 36.4. The lowest BCUT2D eigenvalue weighted by Gasteiger charge is -2.34. The van der Waals surface area contributed by atoms with Gasteiger partial charge in [0.2, 0.25) is 70.9 Å². The summed E-state index contributed by atoms with van der Waals surface area (Å²) >= 11 is 0. The van der Waals surface area contributed by atoms with Gasteiger partial charge in [0.05, 0.1) is 12.1 Å². The van der Waals surface area contributed by atoms with Gasteiger partial charge in [-0.25, -0.2) is 0 Å². The first kappa shape index (κ1) is 86.2. The highest BCUT2D eigenvalue weighted by Crippen LogP contribution is 2.23. The molecule has 580 valence electrons. The van der Waals surface area contributed by atoms with Crippen LogP contribution in [0.3, 0.4) is 0 Å². The number of benzene rings is 3. The van der Waals surface area contributed by atoms with E-state index in [1.807, 2.05) is 64.1 Å². The predicted molar refractivity (Wildman–Crippen MR) is 403 cm³/mol. The number of nitrogens with zero attached hydrogens (tertiary/aromatic N) is 1. The number of hydrogen-bond donors (Lipinski definition) is 18. The van der Waals surface area contributed by atoms with E-state index in [1.165, 1.54) is 32.9 Å². The number of H-pyrrole nitrogens is 1. The van der Waals surface area contributed by atoms with Crippen LogP contribution in [0, 0.1) is 11.8 Å². The fourth-order valence-electron chi connectivity index (χ4n) is 12.0. The number of aliphatic imine (C=N–C) groups is 1. The van der Waals surface area contributed by atoms with E-state index in [0.29, 0.717) is 55.2 Å². The number of aromatic hydroxyl groups is 1. The van der Waals surface area contributed by atoms with E-state index >= 15 is 9.59 Å². The number of unbranched alkanes of at least 4 members (excludes halogenated alkanes) is 1. The number of carbonyl (C=O) groups excluding carboxylic acids is 12. The monoisotopic (exact) mass is 1470 g/mol. The van der Waals surface area contributed by atoms with E-state index < -0.39 is 143 Å². The average Bonchev–Trinajstić information content (AvgIpc) is 1.27. The van der Waals surface area contributed by atoms with Crippen LogP contribution in [0.4, 0.5) is 0 Å². The second-order valence-electron chi connectivity index (χ2n) is 28.6. The number of nitrogens with two attached hydrogens (primary N) is 5. The molecule has 3 aromatic carbocycles. The van der Waals surface area contributed by atoms with Crippen LogP contribution >= 0.6 is 0 Å². The summed E-state index contributed by atoms with van der Waals surface area (Å²) in [4.78, 5) is 177. The van der Waals surface area contributed by atoms with Crippen molar-refractivity contribution in [1.29, 1.82) is 0 Å². The van der Waals surface area contributed by atoms with Gasteiger partial charge in [-0.05, 0) is 164 Å². The van der Waals surface area contributed by atoms with Crippen LogP contribution in [-0.4, -0.2) is 172 Å². The zero-order valence-corrected chi connectivity index (χ0v) is 62.2. The number of allylic oxidation sites excluding steroid dienone is 2. The predicted octanol–water partition coefficient (Wildman–Crippen LogP) is 0.683. The van der Waals surface area contributed by atoms with Gasteiger partial charge in [0.25, 0.3) is 0 Å². The minimum atomic E-state index is -1.78. The summed E-state index contributed by atoms with van der Waals surface area (Å²) in [7, 11) is 0. The molecule has 31 nitrogen and oxygen atoms in total. The van der Waals surface area contributed by atoms with Crippen LogP contribution in [0.15, 0.2) is 102 Å². The van der Waals surface area contributed by atoms with Crippen LogP contribution in [0.25, 0.3) is 10.9 Å². The van der Waals surface area contributed by atoms with Crippen LogP contribution in [0.1, 0.15) is 156 Å². The average molecular weight is 1470 g/mol. The Bertz CT molecular complexity index is 3690. The molecule has 31 heteroatoms. The van der Waals surface area contributed by atoms with Gasteiger partial charge < -0.3 is 97.2 Å². The lowest BCUT2D eigenvalue weighted by Crippen LogP contribution is -2.64. The molecule has 106 heavy (non-hydrogen) atoms. The number of guanidine groups is 1. The molecule has 5 rings (SSSR count). The Hall–Kier alpha value is -10.4. The third-order valence-corrected chi connectivity index (χ3v) is 18.1. The molecule has 0 saturated heterocycles. The maximum Gasteiger partial charge on any atom is 0.246 e. The van der Waals surface area contributed by atoms with Gasteiger partial charge >= 0.3 is 0 Å². The lowest BCUT2D eigenvalue weighted by molar-refractivity contribution is -0.138. The maximum atomic E-state index is 15.2. The van der Waals surface area contributed by atoms with Crippen molar-refractivity contribution >= 4 is 87.7 Å². The Labute approximate surface area is 619 Å². The Balaban J connectivity index is 1.35. The standard InChI is InChI=1S/C75H112N18O13/c1-44(2)37-57(67(101)84-46(5)63(97)83-43-61(95)86-54(28-22-36-81-73(78)79)65(99)88-56(62(77)96)41-50-42-82-53-26-17-16-25-52(50)53)90-66(100)55(27-18-21-35-76)87-68(102)58(38-45(3)4)92-72(106)75(8)34-20-12-10-9-11-19-33-74(7,80)71(105)85-47(6)64(98)89-59(40-49-29-31-51(94)32-30-49)69(103)91-60(70(104)93-75)39-48-23-14-13-15-24-48/h9-10,13-17,23-26,29-32,42,44-47,54-60,82,94H,11-12,18-22,27-28,33-41,43,76,80H2,1-8H3,(H2,77,96)(H,83,97)(H,84,101)(H,85,105)(H,86,95)(H,87,102)(H,88,99)(H,89,98)(H,90,100)(H,91,103)(H,92,106)(H,93,104)(H4,78,79,81)/b10-9+/t46-,47-,54-,55-,56-,57-,58-,59-,60-,74-,75-/m0/s1. The van der Waals surface area contributed by atoms with Crippen molar-refractivity contribution in [3.63, 3.8) is 0 Å². The number of phenols is 1. The van der Waals surface area contributed by atoms with E-state index in [9.17, 15) is 53.1 Å². The van der Waals surface area contributed by atoms with Crippen molar-refractivity contribution in [3.8, 4) is 5.75 Å². The number of phenolic OH excluding ortho intramolecular Hbond substituents is 1. The lowest BCUT2D eigenvalue weighted by atomic mass is 9.91. The molecule has 0 spiro atoms. The molecule has 11 atom stereocenters. The van der Waals surface area contributed by atoms with Gasteiger partial charge in [-0.3, -0.25) is 62.5 Å². The van der Waals surface area contributed by atoms with Crippen molar-refractivity contribution in [1.82, 2.24) is 63.5 Å². The van der Waals surface area contributed by atoms with E-state index in [2.05, 4.69) is 68.5 Å². The Morgan fingerprint density at radius 2 is 1.14 bits per heavy atom. The summed E-state index contributed by atoms with van der Waals surface area (Å²) in [6.07, 6.45) is 8.54. The first-order valence-corrected chi connectivity index (χ1v) is 36.4. The first-order chi connectivity index (χ1) is 50.2. The Morgan fingerprint density at radius 1 is 0.604 bits per heavy atom. The molecule has 1 aliphatic rings. The molecule has 4 aromatic rings. The van der Waals surface area contributed by atoms with E-state index in [1.54, 1.807) is 55.6 Å². The van der Waals surface area contributed by atoms with Crippen molar-refractivity contribution in [3.05, 3.63) is 114 Å². The second kappa shape index (κ2) is 42.5. The summed E-state index contributed by atoms with van der Waals surface area (Å²) in [5.74, 6) is -9.83. The molecule has 0 bridgehead atoms. The van der Waals surface area contributed by atoms with Gasteiger partial charge in [0.1, 0.15) is 65.7 Å². The molecule has 0 unspecified atom stereocenters. The number of aromatic amines is 1. The maximum absolute atomic E-state index is 15.2. The fourth-order valence-corrected chi connectivity index (χ4v) is 12.0. The summed E-state index contributed by atoms with van der Waals surface area (Å²) < 4.78 is 0. The Morgan fingerprint density at radius 3 is 1.76 bits per heavy atom. The highest BCUT2D eigenvalue weighted by atomic mass is 16.3. The van der Waals surface area contributed by atoms with Gasteiger partial charge in [-0.15, -0.1) is 0 Å². The Kier molecular flexibility index (Phi) is 34.6. The van der Waals surface area contributed by atoms with Crippen molar-refractivity contribution < 1.29 is 62.6 Å². The van der Waals surface area contributed by atoms with E-state index in [0.717, 1.165) is 10.9 Å². The van der Waals surface area contributed by atoms with E-state index in [-0.39, 0.29) is 101 Å². The number of primary amides is 1. The molecule has 1 aromatic heterocycles. The zero-order valence-electron chi connectivity index (χ0n) is 62.2. The number of carbonyl (C=O) groups is 12. The molecule has 0 saturated carbocycles. The van der Waals surface area contributed by atoms with Crippen molar-refractivity contribution in [2.75, 3.05) is 19.6 Å². The smallest absolute Gasteiger partial charge is 0.246 e. The zero-order chi connectivity index (χ0) is 78.3. The SMILES string of the molecule is CC(C)C[C@H](NC(=O)[C@H](CCCCN)NC(=O)[C@H](CC(C)C)NC(=O)[C@]1(C)CCC/C=C/CCC[C@](C)(N)C(=O)N[C@@H](C)C(=O)N[C@@H](Cc2ccc(O)cc2)C(=O)N[C@@H](Cc2ccccc2)C(=O)N1)C(=O)N[C@@H](C)C(=O)NCC(=O)N[C@@H](CCCN=C(N)N)C(=O)N[C@@H](Cc1c[nH]c2ccccc12)C(N)=O. The molecule has 23 N–H and O–H groups in total. The summed E-state index contributed by atoms with van der Waals surface area (Å²) in [5, 5.41) is 40.8. The summed E-state index contributed by atoms with van der Waals surface area (Å²) in [5.41, 5.74) is 28.7. The minimum absolute atomic E-state index is 0.00433. The topological polar surface area (TPSA) is 516 Å². The second-order valence-corrected chi connectivity index (χ2v) is 28.6. The van der Waals surface area contributed by atoms with Gasteiger partial charge in [0.15, 0.2) is 5.96 Å². The quantitative estimate of drug-likeness (QED) is 0.0135. The number of aromatic nitrogens is 1. The number of amides is 12. The molecule has 0 aliphatic carbocycles. The number of para-hydroxylation sites is 1. The summed E-state index contributed by atoms with van der Waals surface area (Å²) in [6, 6.07) is 10.6. The summed E-state index contributed by atoms with van der Waals surface area (Å²) in [6.45, 7) is 12.8. The van der Waals surface area contributed by atoms with Crippen LogP contribution < -0.4 is 87.2 Å². The van der Waals surface area contributed by atoms with Gasteiger partial charge in [0, 0.05) is 42.9 Å². The largest absolute Gasteiger partial charge is 0.508 e. The molecular formula is C75H112N18O13. The van der Waals surface area contributed by atoms with Crippen molar-refractivity contribution in [2.45, 2.75) is 224 Å². The van der Waals surface area contributed by atoms with Gasteiger partial charge in [-0.2, -0.15) is 0 Å². The highest BCUT2D eigenvalue weighted by molar-refractivity contribution is 6.00. The van der Waals surface area contributed by atoms with Crippen molar-refractivity contribution in [2.24, 2.45) is 45.5 Å². The molecule has 0 fully saturated rings. The van der Waals surface area contributed by atoms with E-state index in [4.69, 9.17) is 28.7 Å². The number of hydrogen-bond acceptors (Lipinski definition) is 16. The molecule has 12 amide bonds. The van der Waals surface area contributed by atoms with Crippen LogP contribution in [0.2, 0.25) is 0 Å². The normalized spacial score (nSPS) is 20.5. The van der Waals surface area contributed by atoms with Gasteiger partial charge in [-0.1, -0.05) is 101 Å². The molecule has 2 heterocycles. The minimum Gasteiger partial charge on any atom is -0.508 e. The highest BCUT2D eigenvalue weighted by Gasteiger charge is 2.41.